The number of alkyl halides is 3. The second kappa shape index (κ2) is 17.5. The first-order valence-electron chi connectivity index (χ1n) is 21.5. The van der Waals surface area contributed by atoms with Gasteiger partial charge in [-0.25, -0.2) is 0 Å². The van der Waals surface area contributed by atoms with E-state index in [1.165, 1.54) is 77.9 Å². The quantitative estimate of drug-likeness (QED) is 0.139. The summed E-state index contributed by atoms with van der Waals surface area (Å²) >= 11 is -4.95. The molecular formula is C52H69Cl2F3SiZr. The minimum atomic E-state index is -4.95. The Balaban J connectivity index is 0.00000384. The largest absolute Gasteiger partial charge is 0.147 e. The predicted octanol–water partition coefficient (Wildman–Crippen LogP) is 17.0. The maximum absolute atomic E-state index is 15.0. The van der Waals surface area contributed by atoms with Gasteiger partial charge in [0.15, 0.2) is 0 Å². The molecular weight excluding hydrogens is 872 g/mol. The molecule has 2 aliphatic carbocycles. The molecule has 4 aromatic rings. The summed E-state index contributed by atoms with van der Waals surface area (Å²) in [5, 5.41) is 0. The standard InChI is InChI=1S/2C24H29.C3H4F3.CH3.2ClH.H2Si.Zr/c2*1-7-16(2)18-11-13-19(14-12-18)21-10-8-9-20-15-22(24(4,5)6)17(3)23(20)21;1-2-3(4,5)6;;;;;/h2*8-16H,7H2,1-6H3;1-2H2;1H3;2*1H;1H2;. The van der Waals surface area contributed by atoms with Gasteiger partial charge in [-0.15, -0.1) is 24.8 Å². The minimum absolute atomic E-state index is 0. The van der Waals surface area contributed by atoms with Gasteiger partial charge in [0, 0.05) is 0 Å². The van der Waals surface area contributed by atoms with E-state index in [-0.39, 0.29) is 47.0 Å². The van der Waals surface area contributed by atoms with Gasteiger partial charge in [-0.2, -0.15) is 0 Å². The van der Waals surface area contributed by atoms with Crippen molar-refractivity contribution >= 4 is 42.8 Å². The van der Waals surface area contributed by atoms with Crippen molar-refractivity contribution in [3.63, 3.8) is 0 Å². The van der Waals surface area contributed by atoms with Crippen molar-refractivity contribution in [1.82, 2.24) is 0 Å². The van der Waals surface area contributed by atoms with Crippen molar-refractivity contribution in [2.75, 3.05) is 0 Å². The van der Waals surface area contributed by atoms with Gasteiger partial charge >= 0.3 is 348 Å². The molecule has 0 bridgehead atoms. The summed E-state index contributed by atoms with van der Waals surface area (Å²) in [6.07, 6.45) is -2.84. The van der Waals surface area contributed by atoms with Crippen molar-refractivity contribution in [2.24, 2.45) is 10.8 Å². The Morgan fingerprint density at radius 1 is 0.593 bits per heavy atom. The Kier molecular flexibility index (Phi) is 14.7. The molecule has 2 aliphatic rings. The van der Waals surface area contributed by atoms with Gasteiger partial charge in [0.2, 0.25) is 0 Å². The van der Waals surface area contributed by atoms with E-state index < -0.39 is 30.0 Å². The van der Waals surface area contributed by atoms with E-state index in [0.717, 1.165) is 12.8 Å². The van der Waals surface area contributed by atoms with Crippen LogP contribution in [-0.4, -0.2) is 13.1 Å². The molecule has 0 N–H and O–H groups in total. The third-order valence-corrected chi connectivity index (χ3v) is 36.7. The van der Waals surface area contributed by atoms with Crippen molar-refractivity contribution in [2.45, 2.75) is 136 Å². The Bertz CT molecular complexity index is 2150. The SMILES string of the molecule is CCC(C)c1ccc(-c2cccc3c2C(C)=C(C(C)(C)C)[CH]3[Zr]([CH3])(=[SiH2])([CH2]CC(F)(F)F)[CH]2C(C(C)(C)C)=C(C)c3c(-c4ccc(C(C)CC)cc4)cccc32)cc1.Cl.Cl. The topological polar surface area (TPSA) is 0 Å². The predicted molar refractivity (Wildman–Crippen MR) is 255 cm³/mol. The molecule has 0 heterocycles. The minimum Gasteiger partial charge on any atom is -0.147 e. The number of rotatable bonds is 10. The van der Waals surface area contributed by atoms with Crippen LogP contribution < -0.4 is 0 Å². The van der Waals surface area contributed by atoms with Crippen LogP contribution in [0.1, 0.15) is 155 Å². The van der Waals surface area contributed by atoms with E-state index in [2.05, 4.69) is 180 Å². The Hall–Kier alpha value is -2.17. The maximum Gasteiger partial charge on any atom is -0.147 e. The molecule has 0 fully saturated rings. The first kappa shape index (κ1) is 49.5. The zero-order valence-electron chi connectivity index (χ0n) is 37.9. The molecule has 0 spiro atoms. The average Bonchev–Trinajstić information content (AvgIpc) is 3.66. The molecule has 7 heteroatoms. The second-order valence-corrected chi connectivity index (χ2v) is 48.9. The first-order chi connectivity index (χ1) is 26.4. The molecule has 0 aromatic heterocycles. The fourth-order valence-electron chi connectivity index (χ4n) is 11.1. The van der Waals surface area contributed by atoms with Crippen molar-refractivity contribution in [1.29, 1.82) is 0 Å². The summed E-state index contributed by atoms with van der Waals surface area (Å²) in [6, 6.07) is 31.5. The van der Waals surface area contributed by atoms with E-state index in [9.17, 15) is 13.2 Å². The van der Waals surface area contributed by atoms with Crippen molar-refractivity contribution in [3.8, 4) is 22.3 Å². The third kappa shape index (κ3) is 9.03. The molecule has 0 saturated heterocycles. The molecule has 320 valence electrons. The zero-order valence-corrected chi connectivity index (χ0v) is 43.4. The van der Waals surface area contributed by atoms with Gasteiger partial charge in [0.25, 0.3) is 0 Å². The molecule has 0 aliphatic heterocycles. The van der Waals surface area contributed by atoms with Gasteiger partial charge in [0.1, 0.15) is 0 Å². The average molecular weight is 941 g/mol. The summed E-state index contributed by atoms with van der Waals surface area (Å²) in [4.78, 5) is 0. The first-order valence-corrected chi connectivity index (χ1v) is 34.4. The number of halogens is 5. The summed E-state index contributed by atoms with van der Waals surface area (Å²) < 4.78 is 47.4. The molecule has 4 atom stereocenters. The Labute approximate surface area is 369 Å². The van der Waals surface area contributed by atoms with Crippen LogP contribution in [0.15, 0.2) is 96.1 Å². The molecule has 59 heavy (non-hydrogen) atoms. The van der Waals surface area contributed by atoms with E-state index in [4.69, 9.17) is 0 Å². The van der Waals surface area contributed by atoms with Crippen molar-refractivity contribution < 1.29 is 30.6 Å². The fourth-order valence-corrected chi connectivity index (χ4v) is 35.1. The number of hydrogen-bond donors (Lipinski definition) is 0. The fraction of sp³-hybridized carbons (Fsp3) is 0.462. The summed E-state index contributed by atoms with van der Waals surface area (Å²) in [6.45, 7) is 29.4. The van der Waals surface area contributed by atoms with Gasteiger partial charge in [0.05, 0.1) is 0 Å². The van der Waals surface area contributed by atoms with Crippen LogP contribution in [0.2, 0.25) is 8.76 Å². The number of fused-ring (bicyclic) bond motifs is 2. The van der Waals surface area contributed by atoms with Crippen LogP contribution in [-0.2, 0) is 17.4 Å². The number of allylic oxidation sites excluding steroid dienone is 4. The van der Waals surface area contributed by atoms with Gasteiger partial charge in [-0.1, -0.05) is 0 Å². The van der Waals surface area contributed by atoms with E-state index in [1.807, 2.05) is 0 Å². The van der Waals surface area contributed by atoms with Gasteiger partial charge in [-0.05, 0) is 0 Å². The number of hydrogen-bond acceptors (Lipinski definition) is 0. The summed E-state index contributed by atoms with van der Waals surface area (Å²) in [5.41, 5.74) is 17.1. The maximum atomic E-state index is 15.0. The smallest absolute Gasteiger partial charge is 0.147 e. The van der Waals surface area contributed by atoms with E-state index >= 15 is 0 Å². The molecule has 4 unspecified atom stereocenters. The molecule has 0 saturated carbocycles. The van der Waals surface area contributed by atoms with Gasteiger partial charge in [-0.3, -0.25) is 0 Å². The van der Waals surface area contributed by atoms with Gasteiger partial charge < -0.3 is 0 Å². The second-order valence-electron chi connectivity index (χ2n) is 20.5. The summed E-state index contributed by atoms with van der Waals surface area (Å²) in [7, 11) is 0. The van der Waals surface area contributed by atoms with Crippen molar-refractivity contribution in [3.05, 3.63) is 129 Å². The van der Waals surface area contributed by atoms with E-state index in [1.54, 1.807) is 0 Å². The monoisotopic (exact) mass is 938 g/mol. The molecule has 4 aromatic carbocycles. The molecule has 6 rings (SSSR count). The van der Waals surface area contributed by atoms with Crippen LogP contribution in [0.5, 0.6) is 0 Å². The Morgan fingerprint density at radius 3 is 1.22 bits per heavy atom. The normalized spacial score (nSPS) is 18.3. The summed E-state index contributed by atoms with van der Waals surface area (Å²) in [5.74, 6) is 0.965. The van der Waals surface area contributed by atoms with Crippen LogP contribution >= 0.6 is 24.8 Å². The van der Waals surface area contributed by atoms with Crippen LogP contribution in [0.25, 0.3) is 33.4 Å². The molecule has 0 amide bonds. The number of benzene rings is 4. The molecule has 0 nitrogen and oxygen atoms in total. The molecule has 0 radical (unpaired) electrons. The van der Waals surface area contributed by atoms with Crippen LogP contribution in [0.3, 0.4) is 0 Å². The van der Waals surface area contributed by atoms with Crippen LogP contribution in [0.4, 0.5) is 13.2 Å². The Morgan fingerprint density at radius 2 is 0.932 bits per heavy atom. The third-order valence-electron chi connectivity index (χ3n) is 14.2. The zero-order chi connectivity index (χ0) is 42.1. The van der Waals surface area contributed by atoms with Crippen LogP contribution in [0, 0.1) is 10.8 Å². The van der Waals surface area contributed by atoms with E-state index in [0.29, 0.717) is 11.8 Å².